The van der Waals surface area contributed by atoms with Gasteiger partial charge in [0.2, 0.25) is 0 Å². The lowest BCUT2D eigenvalue weighted by Gasteiger charge is -2.69. The Hall–Kier alpha value is -0.590. The van der Waals surface area contributed by atoms with Gasteiger partial charge in [-0.25, -0.2) is 0 Å². The lowest BCUT2D eigenvalue weighted by Crippen LogP contribution is -2.65. The van der Waals surface area contributed by atoms with Crippen molar-refractivity contribution in [3.8, 4) is 0 Å². The highest BCUT2D eigenvalue weighted by Crippen LogP contribution is 2.85. The summed E-state index contributed by atoms with van der Waals surface area (Å²) in [5.74, 6) is 1.67. The molecule has 4 rings (SSSR count). The second kappa shape index (κ2) is 2.19. The molecule has 0 aromatic carbocycles. The van der Waals surface area contributed by atoms with Crippen LogP contribution in [0.3, 0.4) is 0 Å². The molecule has 3 fully saturated rings. The van der Waals surface area contributed by atoms with E-state index in [0.29, 0.717) is 27.9 Å². The Kier molecular flexibility index (Phi) is 1.29. The molecule has 5 atom stereocenters. The van der Waals surface area contributed by atoms with Crippen molar-refractivity contribution in [3.05, 3.63) is 11.6 Å². The standard InChI is InChI=1S/C15H20O/c1-9-6-12(16)11-8-13(2)10-4-5-15(9,7-10)14(11,13)3/h6,10-11H,4-5,7-8H2,1-3H3. The van der Waals surface area contributed by atoms with E-state index in [1.165, 1.54) is 31.3 Å². The van der Waals surface area contributed by atoms with Crippen molar-refractivity contribution in [1.29, 1.82) is 0 Å². The fraction of sp³-hybridized carbons (Fsp3) is 0.800. The normalized spacial score (nSPS) is 61.7. The number of hydrogen-bond donors (Lipinski definition) is 0. The summed E-state index contributed by atoms with van der Waals surface area (Å²) in [5.41, 5.74) is 2.59. The zero-order valence-electron chi connectivity index (χ0n) is 10.5. The molecule has 1 nitrogen and oxygen atoms in total. The smallest absolute Gasteiger partial charge is 0.159 e. The zero-order valence-corrected chi connectivity index (χ0v) is 10.5. The van der Waals surface area contributed by atoms with E-state index in [1.54, 1.807) is 0 Å². The fourth-order valence-corrected chi connectivity index (χ4v) is 6.24. The Morgan fingerprint density at radius 1 is 1.31 bits per heavy atom. The molecule has 1 heteroatoms. The third-order valence-corrected chi connectivity index (χ3v) is 7.38. The lowest BCUT2D eigenvalue weighted by atomic mass is 9.34. The number of carbonyl (C=O) groups excluding carboxylic acids is 1. The minimum atomic E-state index is 0.304. The molecule has 0 amide bonds. The number of allylic oxidation sites excluding steroid dienone is 2. The molecular weight excluding hydrogens is 196 g/mol. The highest BCUT2D eigenvalue weighted by molar-refractivity contribution is 5.96. The van der Waals surface area contributed by atoms with Gasteiger partial charge in [0.25, 0.3) is 0 Å². The van der Waals surface area contributed by atoms with Gasteiger partial charge in [-0.3, -0.25) is 4.79 Å². The van der Waals surface area contributed by atoms with E-state index in [-0.39, 0.29) is 0 Å². The van der Waals surface area contributed by atoms with Crippen LogP contribution in [-0.4, -0.2) is 5.78 Å². The van der Waals surface area contributed by atoms with E-state index < -0.39 is 0 Å². The summed E-state index contributed by atoms with van der Waals surface area (Å²) in [7, 11) is 0. The summed E-state index contributed by atoms with van der Waals surface area (Å²) in [6, 6.07) is 0. The second-order valence-electron chi connectivity index (χ2n) is 7.13. The third kappa shape index (κ3) is 0.585. The third-order valence-electron chi connectivity index (χ3n) is 7.38. The van der Waals surface area contributed by atoms with Gasteiger partial charge < -0.3 is 0 Å². The van der Waals surface area contributed by atoms with E-state index in [2.05, 4.69) is 20.8 Å². The largest absolute Gasteiger partial charge is 0.295 e. The van der Waals surface area contributed by atoms with Gasteiger partial charge in [-0.05, 0) is 60.8 Å². The summed E-state index contributed by atoms with van der Waals surface area (Å²) in [5, 5.41) is 0. The maximum Gasteiger partial charge on any atom is 0.159 e. The summed E-state index contributed by atoms with van der Waals surface area (Å²) in [4.78, 5) is 12.1. The summed E-state index contributed by atoms with van der Waals surface area (Å²) in [6.07, 6.45) is 7.26. The molecule has 0 aromatic heterocycles. The van der Waals surface area contributed by atoms with E-state index in [9.17, 15) is 4.79 Å². The van der Waals surface area contributed by atoms with Gasteiger partial charge >= 0.3 is 0 Å². The van der Waals surface area contributed by atoms with E-state index in [4.69, 9.17) is 0 Å². The van der Waals surface area contributed by atoms with Crippen LogP contribution in [0, 0.1) is 28.1 Å². The molecule has 0 radical (unpaired) electrons. The van der Waals surface area contributed by atoms with Gasteiger partial charge in [-0.2, -0.15) is 0 Å². The maximum atomic E-state index is 12.1. The number of rotatable bonds is 0. The first kappa shape index (κ1) is 9.44. The molecule has 0 N–H and O–H groups in total. The minimum Gasteiger partial charge on any atom is -0.295 e. The Balaban J connectivity index is 2.01. The zero-order chi connectivity index (χ0) is 11.3. The molecule has 1 spiro atoms. The Morgan fingerprint density at radius 2 is 2.06 bits per heavy atom. The SMILES string of the molecule is CC1=CC(=O)C2CC3(C)C4CCC1(C4)C23C. The van der Waals surface area contributed by atoms with Crippen molar-refractivity contribution in [1.82, 2.24) is 0 Å². The Labute approximate surface area is 97.3 Å². The summed E-state index contributed by atoms with van der Waals surface area (Å²) >= 11 is 0. The van der Waals surface area contributed by atoms with Gasteiger partial charge in [-0.15, -0.1) is 0 Å². The lowest BCUT2D eigenvalue weighted by molar-refractivity contribution is -0.192. The molecule has 0 aromatic rings. The van der Waals surface area contributed by atoms with Gasteiger partial charge in [0.1, 0.15) is 0 Å². The highest BCUT2D eigenvalue weighted by atomic mass is 16.1. The molecule has 4 aliphatic rings. The molecule has 2 bridgehead atoms. The molecule has 0 saturated heterocycles. The van der Waals surface area contributed by atoms with Gasteiger partial charge in [-0.1, -0.05) is 19.4 Å². The molecule has 16 heavy (non-hydrogen) atoms. The molecular formula is C15H20O. The van der Waals surface area contributed by atoms with Crippen LogP contribution >= 0.6 is 0 Å². The average Bonchev–Trinajstić information content (AvgIpc) is 2.72. The molecule has 5 unspecified atom stereocenters. The predicted molar refractivity (Wildman–Crippen MR) is 62.9 cm³/mol. The quantitative estimate of drug-likeness (QED) is 0.607. The van der Waals surface area contributed by atoms with Crippen LogP contribution in [0.2, 0.25) is 0 Å². The first-order valence-corrected chi connectivity index (χ1v) is 6.68. The fourth-order valence-electron chi connectivity index (χ4n) is 6.24. The van der Waals surface area contributed by atoms with E-state index >= 15 is 0 Å². The van der Waals surface area contributed by atoms with Gasteiger partial charge in [0.15, 0.2) is 5.78 Å². The molecule has 4 aliphatic carbocycles. The van der Waals surface area contributed by atoms with Crippen molar-refractivity contribution in [2.75, 3.05) is 0 Å². The van der Waals surface area contributed by atoms with Gasteiger partial charge in [0, 0.05) is 5.92 Å². The van der Waals surface area contributed by atoms with Crippen LogP contribution in [0.25, 0.3) is 0 Å². The number of carbonyl (C=O) groups is 1. The van der Waals surface area contributed by atoms with Crippen LogP contribution in [0.4, 0.5) is 0 Å². The van der Waals surface area contributed by atoms with Crippen molar-refractivity contribution < 1.29 is 4.79 Å². The predicted octanol–water partition coefficient (Wildman–Crippen LogP) is 3.35. The average molecular weight is 216 g/mol. The van der Waals surface area contributed by atoms with Crippen molar-refractivity contribution in [3.63, 3.8) is 0 Å². The number of fused-ring (bicyclic) bond motifs is 2. The van der Waals surface area contributed by atoms with Crippen LogP contribution in [0.5, 0.6) is 0 Å². The number of hydrogen-bond acceptors (Lipinski definition) is 1. The maximum absolute atomic E-state index is 12.1. The number of ketones is 1. The Bertz CT molecular complexity index is 448. The topological polar surface area (TPSA) is 17.1 Å². The van der Waals surface area contributed by atoms with Crippen LogP contribution in [-0.2, 0) is 4.79 Å². The van der Waals surface area contributed by atoms with Crippen molar-refractivity contribution >= 4 is 5.78 Å². The first-order chi connectivity index (χ1) is 7.46. The van der Waals surface area contributed by atoms with Crippen LogP contribution < -0.4 is 0 Å². The molecule has 0 heterocycles. The monoisotopic (exact) mass is 216 g/mol. The molecule has 3 saturated carbocycles. The summed E-state index contributed by atoms with van der Waals surface area (Å²) in [6.45, 7) is 7.10. The minimum absolute atomic E-state index is 0.304. The molecule has 86 valence electrons. The first-order valence-electron chi connectivity index (χ1n) is 6.68. The molecule has 0 aliphatic heterocycles. The second-order valence-corrected chi connectivity index (χ2v) is 7.13. The van der Waals surface area contributed by atoms with Crippen molar-refractivity contribution in [2.45, 2.75) is 46.5 Å². The van der Waals surface area contributed by atoms with Crippen LogP contribution in [0.1, 0.15) is 46.5 Å². The van der Waals surface area contributed by atoms with E-state index in [0.717, 1.165) is 5.92 Å². The Morgan fingerprint density at radius 3 is 2.81 bits per heavy atom. The van der Waals surface area contributed by atoms with Gasteiger partial charge in [0.05, 0.1) is 0 Å². The van der Waals surface area contributed by atoms with Crippen LogP contribution in [0.15, 0.2) is 11.6 Å². The highest BCUT2D eigenvalue weighted by Gasteiger charge is 2.80. The van der Waals surface area contributed by atoms with E-state index in [1.807, 2.05) is 6.08 Å². The summed E-state index contributed by atoms with van der Waals surface area (Å²) < 4.78 is 0. The van der Waals surface area contributed by atoms with Crippen molar-refractivity contribution in [2.24, 2.45) is 28.1 Å².